The molecule has 0 amide bonds. The van der Waals surface area contributed by atoms with Crippen LogP contribution < -0.4 is 17.7 Å². The summed E-state index contributed by atoms with van der Waals surface area (Å²) in [7, 11) is 0. The summed E-state index contributed by atoms with van der Waals surface area (Å²) < 4.78 is 0. The lowest BCUT2D eigenvalue weighted by Crippen LogP contribution is -3.00. The number of aryl methyl sites for hydroxylation is 2. The maximum absolute atomic E-state index is 6.10. The van der Waals surface area contributed by atoms with E-state index in [1.54, 1.807) is 0 Å². The first-order valence-corrected chi connectivity index (χ1v) is 6.90. The van der Waals surface area contributed by atoms with Crippen molar-refractivity contribution in [2.45, 2.75) is 13.8 Å². The van der Waals surface area contributed by atoms with Crippen LogP contribution in [0, 0.1) is 13.8 Å². The highest BCUT2D eigenvalue weighted by Gasteiger charge is 2.05. The van der Waals surface area contributed by atoms with Gasteiger partial charge in [-0.2, -0.15) is 0 Å². The fourth-order valence-corrected chi connectivity index (χ4v) is 2.48. The summed E-state index contributed by atoms with van der Waals surface area (Å²) >= 11 is 6.10. The second-order valence-electron chi connectivity index (χ2n) is 4.97. The van der Waals surface area contributed by atoms with E-state index in [0.717, 1.165) is 33.0 Å². The summed E-state index contributed by atoms with van der Waals surface area (Å²) in [6, 6.07) is 16.1. The number of aromatic nitrogens is 1. The Bertz CT molecular complexity index is 785. The van der Waals surface area contributed by atoms with Crippen molar-refractivity contribution >= 4 is 33.9 Å². The quantitative estimate of drug-likeness (QED) is 0.784. The number of pyridine rings is 1. The van der Waals surface area contributed by atoms with Crippen molar-refractivity contribution in [3.8, 4) is 0 Å². The van der Waals surface area contributed by atoms with Crippen LogP contribution in [-0.4, -0.2) is 4.98 Å². The summed E-state index contributed by atoms with van der Waals surface area (Å²) in [4.78, 5) is 4.54. The van der Waals surface area contributed by atoms with Crippen molar-refractivity contribution in [2.24, 2.45) is 0 Å². The lowest BCUT2D eigenvalue weighted by atomic mass is 10.1. The third kappa shape index (κ3) is 3.46. The first kappa shape index (κ1) is 15.6. The highest BCUT2D eigenvalue weighted by Crippen LogP contribution is 2.28. The molecule has 3 rings (SSSR count). The molecule has 1 heterocycles. The van der Waals surface area contributed by atoms with E-state index in [9.17, 15) is 0 Å². The molecule has 0 saturated carbocycles. The van der Waals surface area contributed by atoms with E-state index in [2.05, 4.69) is 35.4 Å². The molecule has 1 N–H and O–H groups in total. The Labute approximate surface area is 135 Å². The highest BCUT2D eigenvalue weighted by atomic mass is 35.5. The molecule has 21 heavy (non-hydrogen) atoms. The van der Waals surface area contributed by atoms with Crippen LogP contribution in [0.5, 0.6) is 0 Å². The topological polar surface area (TPSA) is 24.9 Å². The molecule has 0 spiro atoms. The van der Waals surface area contributed by atoms with Gasteiger partial charge in [-0.05, 0) is 55.8 Å². The average Bonchev–Trinajstić information content (AvgIpc) is 2.39. The smallest absolute Gasteiger partial charge is 0.0727 e. The maximum Gasteiger partial charge on any atom is 0.0727 e. The molecule has 108 valence electrons. The fraction of sp³-hybridized carbons (Fsp3) is 0.118. The van der Waals surface area contributed by atoms with Crippen LogP contribution in [0.2, 0.25) is 5.02 Å². The minimum absolute atomic E-state index is 0. The summed E-state index contributed by atoms with van der Waals surface area (Å²) in [5, 5.41) is 5.21. The lowest BCUT2D eigenvalue weighted by molar-refractivity contribution is -0.00000409. The molecule has 0 aliphatic rings. The van der Waals surface area contributed by atoms with Crippen molar-refractivity contribution < 1.29 is 12.4 Å². The molecule has 0 aliphatic heterocycles. The van der Waals surface area contributed by atoms with Gasteiger partial charge >= 0.3 is 0 Å². The summed E-state index contributed by atoms with van der Waals surface area (Å²) in [5.41, 5.74) is 5.25. The zero-order valence-corrected chi connectivity index (χ0v) is 13.3. The van der Waals surface area contributed by atoms with E-state index in [0.29, 0.717) is 0 Å². The third-order valence-electron chi connectivity index (χ3n) is 3.20. The van der Waals surface area contributed by atoms with Crippen LogP contribution in [0.4, 0.5) is 11.4 Å². The molecule has 0 atom stereocenters. The van der Waals surface area contributed by atoms with Crippen molar-refractivity contribution in [3.05, 3.63) is 64.8 Å². The molecular weight excluding hydrogens is 303 g/mol. The van der Waals surface area contributed by atoms with Gasteiger partial charge in [0.1, 0.15) is 0 Å². The number of nitrogens with one attached hydrogen (secondary N) is 1. The number of halogens is 2. The molecule has 2 nitrogen and oxygen atoms in total. The Hall–Kier alpha value is -1.77. The van der Waals surface area contributed by atoms with Crippen LogP contribution in [0.25, 0.3) is 10.9 Å². The van der Waals surface area contributed by atoms with Crippen molar-refractivity contribution in [1.29, 1.82) is 0 Å². The Morgan fingerprint density at radius 2 is 1.81 bits per heavy atom. The van der Waals surface area contributed by atoms with Gasteiger partial charge in [-0.15, -0.1) is 0 Å². The van der Waals surface area contributed by atoms with Crippen LogP contribution in [0.3, 0.4) is 0 Å². The standard InChI is InChI=1S/C17H15ClN2.ClH/c1-11-4-3-5-14(8-11)20-17-9-12(2)19-16-7-6-13(18)10-15(16)17;/h3-10H,1-2H3,(H,19,20);1H/p-1. The van der Waals surface area contributed by atoms with Crippen LogP contribution in [0.1, 0.15) is 11.3 Å². The number of hydrogen-bond donors (Lipinski definition) is 1. The Morgan fingerprint density at radius 1 is 1.00 bits per heavy atom. The molecule has 4 heteroatoms. The molecule has 0 bridgehead atoms. The van der Waals surface area contributed by atoms with Gasteiger partial charge in [0, 0.05) is 27.5 Å². The minimum atomic E-state index is 0. The largest absolute Gasteiger partial charge is 1.00 e. The highest BCUT2D eigenvalue weighted by molar-refractivity contribution is 6.31. The van der Waals surface area contributed by atoms with E-state index in [-0.39, 0.29) is 12.4 Å². The van der Waals surface area contributed by atoms with Gasteiger partial charge in [0.25, 0.3) is 0 Å². The summed E-state index contributed by atoms with van der Waals surface area (Å²) in [6.45, 7) is 4.08. The monoisotopic (exact) mass is 317 g/mol. The second kappa shape index (κ2) is 6.33. The Morgan fingerprint density at radius 3 is 2.57 bits per heavy atom. The van der Waals surface area contributed by atoms with Gasteiger partial charge in [-0.3, -0.25) is 4.98 Å². The SMILES string of the molecule is Cc1cccc(Nc2cc(C)nc3ccc(Cl)cc23)c1.[Cl-]. The Kier molecular flexibility index (Phi) is 4.71. The van der Waals surface area contributed by atoms with Gasteiger partial charge in [-0.1, -0.05) is 23.7 Å². The maximum atomic E-state index is 6.10. The molecule has 0 aliphatic carbocycles. The first-order valence-electron chi connectivity index (χ1n) is 6.52. The van der Waals surface area contributed by atoms with Gasteiger partial charge in [0.05, 0.1) is 5.52 Å². The lowest BCUT2D eigenvalue weighted by Gasteiger charge is -2.11. The van der Waals surface area contributed by atoms with Crippen molar-refractivity contribution in [2.75, 3.05) is 5.32 Å². The van der Waals surface area contributed by atoms with Crippen LogP contribution >= 0.6 is 11.6 Å². The number of fused-ring (bicyclic) bond motifs is 1. The second-order valence-corrected chi connectivity index (χ2v) is 5.40. The number of anilines is 2. The fourth-order valence-electron chi connectivity index (χ4n) is 2.31. The summed E-state index contributed by atoms with van der Waals surface area (Å²) in [6.07, 6.45) is 0. The summed E-state index contributed by atoms with van der Waals surface area (Å²) in [5.74, 6) is 0. The van der Waals surface area contributed by atoms with Crippen molar-refractivity contribution in [1.82, 2.24) is 4.98 Å². The van der Waals surface area contributed by atoms with Gasteiger partial charge in [0.2, 0.25) is 0 Å². The van der Waals surface area contributed by atoms with E-state index >= 15 is 0 Å². The van der Waals surface area contributed by atoms with Gasteiger partial charge in [0.15, 0.2) is 0 Å². The normalized spacial score (nSPS) is 10.2. The van der Waals surface area contributed by atoms with E-state index in [4.69, 9.17) is 11.6 Å². The minimum Gasteiger partial charge on any atom is -1.00 e. The van der Waals surface area contributed by atoms with E-state index in [1.807, 2.05) is 37.3 Å². The van der Waals surface area contributed by atoms with Gasteiger partial charge in [-0.25, -0.2) is 0 Å². The number of benzene rings is 2. The van der Waals surface area contributed by atoms with Crippen LogP contribution in [0.15, 0.2) is 48.5 Å². The first-order chi connectivity index (χ1) is 9.61. The number of nitrogens with zero attached hydrogens (tertiary/aromatic N) is 1. The molecule has 0 fully saturated rings. The zero-order valence-electron chi connectivity index (χ0n) is 11.8. The Balaban J connectivity index is 0.00000161. The van der Waals surface area contributed by atoms with Gasteiger partial charge < -0.3 is 17.7 Å². The predicted molar refractivity (Wildman–Crippen MR) is 86.0 cm³/mol. The predicted octanol–water partition coefficient (Wildman–Crippen LogP) is 2.25. The molecule has 2 aromatic carbocycles. The molecule has 0 saturated heterocycles. The van der Waals surface area contributed by atoms with E-state index in [1.165, 1.54) is 5.56 Å². The molecule has 0 unspecified atom stereocenters. The number of rotatable bonds is 2. The third-order valence-corrected chi connectivity index (χ3v) is 3.43. The molecule has 1 aromatic heterocycles. The molecule has 3 aromatic rings. The molecular formula is C17H15Cl2N2-. The average molecular weight is 318 g/mol. The van der Waals surface area contributed by atoms with E-state index < -0.39 is 0 Å². The zero-order chi connectivity index (χ0) is 14.1. The van der Waals surface area contributed by atoms with Crippen LogP contribution in [-0.2, 0) is 0 Å². The molecule has 0 radical (unpaired) electrons. The van der Waals surface area contributed by atoms with Crippen molar-refractivity contribution in [3.63, 3.8) is 0 Å². The number of hydrogen-bond acceptors (Lipinski definition) is 2.